The standard InChI is InChI=1S/C30H32ClF3N10O3.CH2O2/c1-40-16-24(37-17-40)44-15-21(25(39-44)30(32,33)34)23-14-36-26(41(23)2)27(45)38-19-3-4-20(22(31)13-19)29(47)43-11-9-42(10-12-43)28(46)18-5-7-35-8-6-18;2-1-3/h3-4,13-18,35H,5-12H2,1-2H3,(H,38,45);1H,(H,2,3). The third-order valence-corrected chi connectivity index (χ3v) is 8.71. The number of carboxylic acid groups (broad SMARTS) is 1. The van der Waals surface area contributed by atoms with Crippen molar-refractivity contribution < 1.29 is 37.5 Å². The molecule has 0 saturated carbocycles. The molecular formula is C31H34ClF3N10O5. The van der Waals surface area contributed by atoms with Gasteiger partial charge in [-0.3, -0.25) is 19.2 Å². The summed E-state index contributed by atoms with van der Waals surface area (Å²) in [6.45, 7) is 3.05. The number of halogens is 4. The predicted octanol–water partition coefficient (Wildman–Crippen LogP) is 2.92. The molecule has 0 bridgehead atoms. The zero-order valence-corrected chi connectivity index (χ0v) is 27.8. The Bertz CT molecular complexity index is 1870. The molecular weight excluding hydrogens is 685 g/mol. The topological polar surface area (TPSA) is 173 Å². The third kappa shape index (κ3) is 7.81. The van der Waals surface area contributed by atoms with Crippen molar-refractivity contribution in [3.8, 4) is 17.1 Å². The lowest BCUT2D eigenvalue weighted by Gasteiger charge is -2.37. The van der Waals surface area contributed by atoms with E-state index in [9.17, 15) is 27.6 Å². The summed E-state index contributed by atoms with van der Waals surface area (Å²) in [5, 5.41) is 16.6. The minimum atomic E-state index is -4.78. The van der Waals surface area contributed by atoms with Crippen LogP contribution in [0.25, 0.3) is 17.1 Å². The second-order valence-electron chi connectivity index (χ2n) is 11.7. The highest BCUT2D eigenvalue weighted by molar-refractivity contribution is 6.34. The highest BCUT2D eigenvalue weighted by Crippen LogP contribution is 2.37. The quantitative estimate of drug-likeness (QED) is 0.254. The minimum absolute atomic E-state index is 0.0150. The van der Waals surface area contributed by atoms with Gasteiger partial charge >= 0.3 is 6.18 Å². The maximum Gasteiger partial charge on any atom is 0.435 e. The normalized spacial score (nSPS) is 15.3. The number of carbonyl (C=O) groups is 4. The van der Waals surface area contributed by atoms with Gasteiger partial charge in [0, 0.05) is 64.3 Å². The smallest absolute Gasteiger partial charge is 0.435 e. The number of hydrogen-bond acceptors (Lipinski definition) is 8. The van der Waals surface area contributed by atoms with Crippen molar-refractivity contribution in [1.29, 1.82) is 0 Å². The first kappa shape index (κ1) is 36.1. The molecule has 3 amide bonds. The second-order valence-corrected chi connectivity index (χ2v) is 12.1. The van der Waals surface area contributed by atoms with E-state index in [-0.39, 0.29) is 63.4 Å². The van der Waals surface area contributed by atoms with Gasteiger partial charge in [-0.05, 0) is 44.1 Å². The van der Waals surface area contributed by atoms with E-state index in [2.05, 4.69) is 25.7 Å². The number of anilines is 1. The molecule has 2 fully saturated rings. The van der Waals surface area contributed by atoms with Crippen LogP contribution in [0.5, 0.6) is 0 Å². The fraction of sp³-hybridized carbons (Fsp3) is 0.387. The molecule has 0 radical (unpaired) electrons. The highest BCUT2D eigenvalue weighted by atomic mass is 35.5. The number of hydrogen-bond donors (Lipinski definition) is 3. The summed E-state index contributed by atoms with van der Waals surface area (Å²) in [7, 11) is 3.10. The van der Waals surface area contributed by atoms with Crippen molar-refractivity contribution in [2.75, 3.05) is 44.6 Å². The summed E-state index contributed by atoms with van der Waals surface area (Å²) < 4.78 is 45.7. The van der Waals surface area contributed by atoms with Gasteiger partial charge in [-0.25, -0.2) is 14.6 Å². The van der Waals surface area contributed by atoms with Crippen LogP contribution >= 0.6 is 11.6 Å². The van der Waals surface area contributed by atoms with Crippen LogP contribution in [0.4, 0.5) is 18.9 Å². The average molecular weight is 719 g/mol. The number of alkyl halides is 3. The predicted molar refractivity (Wildman–Crippen MR) is 174 cm³/mol. The average Bonchev–Trinajstić information content (AvgIpc) is 3.83. The van der Waals surface area contributed by atoms with Gasteiger partial charge < -0.3 is 34.7 Å². The first-order chi connectivity index (χ1) is 23.8. The number of piperidine rings is 1. The first-order valence-corrected chi connectivity index (χ1v) is 15.8. The van der Waals surface area contributed by atoms with Crippen molar-refractivity contribution in [1.82, 2.24) is 44.0 Å². The number of amides is 3. The summed E-state index contributed by atoms with van der Waals surface area (Å²) in [6, 6.07) is 4.43. The van der Waals surface area contributed by atoms with Crippen molar-refractivity contribution in [3.63, 3.8) is 0 Å². The molecule has 0 atom stereocenters. The molecule has 6 rings (SSSR count). The summed E-state index contributed by atoms with van der Waals surface area (Å²) in [6.07, 6.45) is 2.15. The van der Waals surface area contributed by atoms with Gasteiger partial charge in [0.1, 0.15) is 0 Å². The van der Waals surface area contributed by atoms with E-state index in [4.69, 9.17) is 21.5 Å². The third-order valence-electron chi connectivity index (χ3n) is 8.40. The van der Waals surface area contributed by atoms with Gasteiger partial charge in [0.05, 0.1) is 34.4 Å². The zero-order chi connectivity index (χ0) is 36.2. The van der Waals surface area contributed by atoms with E-state index in [1.807, 2.05) is 4.90 Å². The lowest BCUT2D eigenvalue weighted by molar-refractivity contribution is -0.141. The van der Waals surface area contributed by atoms with E-state index in [0.29, 0.717) is 26.2 Å². The molecule has 2 saturated heterocycles. The molecule has 266 valence electrons. The Morgan fingerprint density at radius 2 is 1.70 bits per heavy atom. The second kappa shape index (κ2) is 15.1. The fourth-order valence-electron chi connectivity index (χ4n) is 5.86. The number of carbonyl (C=O) groups excluding carboxylic acids is 3. The Morgan fingerprint density at radius 3 is 2.30 bits per heavy atom. The Labute approximate surface area is 288 Å². The van der Waals surface area contributed by atoms with Crippen LogP contribution < -0.4 is 10.6 Å². The zero-order valence-electron chi connectivity index (χ0n) is 27.0. The number of nitrogens with one attached hydrogen (secondary N) is 2. The minimum Gasteiger partial charge on any atom is -0.483 e. The van der Waals surface area contributed by atoms with Crippen LogP contribution in [-0.2, 0) is 29.9 Å². The lowest BCUT2D eigenvalue weighted by Crippen LogP contribution is -2.52. The Balaban J connectivity index is 0.00000156. The van der Waals surface area contributed by atoms with Crippen LogP contribution in [0.2, 0.25) is 5.02 Å². The van der Waals surface area contributed by atoms with E-state index in [1.54, 1.807) is 16.5 Å². The number of imidazole rings is 2. The first-order valence-electron chi connectivity index (χ1n) is 15.5. The lowest BCUT2D eigenvalue weighted by atomic mass is 9.96. The van der Waals surface area contributed by atoms with Gasteiger partial charge in [-0.1, -0.05) is 11.6 Å². The summed E-state index contributed by atoms with van der Waals surface area (Å²) >= 11 is 6.47. The maximum atomic E-state index is 14.0. The number of rotatable bonds is 6. The molecule has 2 aliphatic heterocycles. The van der Waals surface area contributed by atoms with Gasteiger partial charge in [-0.2, -0.15) is 18.3 Å². The number of piperazine rings is 1. The Kier molecular flexibility index (Phi) is 10.9. The molecule has 3 aromatic heterocycles. The van der Waals surface area contributed by atoms with Gasteiger partial charge in [0.15, 0.2) is 17.3 Å². The molecule has 0 aliphatic carbocycles. The van der Waals surface area contributed by atoms with Crippen molar-refractivity contribution >= 4 is 41.5 Å². The van der Waals surface area contributed by atoms with E-state index in [1.165, 1.54) is 54.7 Å². The molecule has 1 aromatic carbocycles. The fourth-order valence-corrected chi connectivity index (χ4v) is 6.12. The summed E-state index contributed by atoms with van der Waals surface area (Å²) in [5.41, 5.74) is -0.912. The van der Waals surface area contributed by atoms with Crippen LogP contribution in [0.3, 0.4) is 0 Å². The van der Waals surface area contributed by atoms with Crippen LogP contribution in [0.1, 0.15) is 39.5 Å². The maximum absolute atomic E-state index is 14.0. The largest absolute Gasteiger partial charge is 0.483 e. The number of aromatic nitrogens is 6. The van der Waals surface area contributed by atoms with Crippen molar-refractivity contribution in [2.45, 2.75) is 19.0 Å². The molecule has 15 nitrogen and oxygen atoms in total. The molecule has 2 aliphatic rings. The van der Waals surface area contributed by atoms with E-state index < -0.39 is 17.8 Å². The SMILES string of the molecule is Cn1cnc(-n2cc(-c3cnc(C(=O)Nc4ccc(C(=O)N5CCN(C(=O)C6CCNCC6)CC5)c(Cl)c4)n3C)c(C(F)(F)F)n2)c1.O=CO. The van der Waals surface area contributed by atoms with E-state index >= 15 is 0 Å². The molecule has 50 heavy (non-hydrogen) atoms. The summed E-state index contributed by atoms with van der Waals surface area (Å²) in [5.74, 6) is -0.810. The van der Waals surface area contributed by atoms with Crippen molar-refractivity contribution in [2.24, 2.45) is 20.0 Å². The molecule has 4 aromatic rings. The molecule has 0 unspecified atom stereocenters. The molecule has 19 heteroatoms. The van der Waals surface area contributed by atoms with Gasteiger partial charge in [0.2, 0.25) is 5.91 Å². The van der Waals surface area contributed by atoms with Crippen LogP contribution in [-0.4, -0.2) is 107 Å². The Morgan fingerprint density at radius 1 is 1.04 bits per heavy atom. The molecule has 0 spiro atoms. The molecule has 5 heterocycles. The summed E-state index contributed by atoms with van der Waals surface area (Å²) in [4.78, 5) is 59.3. The Hall–Kier alpha value is -5.23. The highest BCUT2D eigenvalue weighted by Gasteiger charge is 2.39. The van der Waals surface area contributed by atoms with E-state index in [0.717, 1.165) is 30.6 Å². The number of nitrogens with zero attached hydrogens (tertiary/aromatic N) is 8. The monoisotopic (exact) mass is 718 g/mol. The van der Waals surface area contributed by atoms with Crippen LogP contribution in [0, 0.1) is 5.92 Å². The number of benzene rings is 1. The van der Waals surface area contributed by atoms with Crippen LogP contribution in [0.15, 0.2) is 43.1 Å². The van der Waals surface area contributed by atoms with Crippen molar-refractivity contribution in [3.05, 3.63) is 65.2 Å². The van der Waals surface area contributed by atoms with Gasteiger partial charge in [-0.15, -0.1) is 0 Å². The molecule has 3 N–H and O–H groups in total. The number of aryl methyl sites for hydroxylation is 1. The van der Waals surface area contributed by atoms with Gasteiger partial charge in [0.25, 0.3) is 18.3 Å².